The SMILES string of the molecule is Brc1ccc(Nc2ncc3c(n2)CNCC3)cc1. The molecule has 92 valence electrons. The van der Waals surface area contributed by atoms with Crippen LogP contribution in [0.3, 0.4) is 0 Å². The third-order valence-corrected chi connectivity index (χ3v) is 3.45. The third-order valence-electron chi connectivity index (χ3n) is 2.92. The van der Waals surface area contributed by atoms with Crippen molar-refractivity contribution in [2.45, 2.75) is 13.0 Å². The number of anilines is 2. The predicted octanol–water partition coefficient (Wildman–Crippen LogP) is 2.63. The van der Waals surface area contributed by atoms with Crippen molar-refractivity contribution in [2.75, 3.05) is 11.9 Å². The Balaban J connectivity index is 1.82. The highest BCUT2D eigenvalue weighted by Gasteiger charge is 2.11. The van der Waals surface area contributed by atoms with E-state index in [2.05, 4.69) is 36.5 Å². The van der Waals surface area contributed by atoms with E-state index in [0.717, 1.165) is 35.4 Å². The fraction of sp³-hybridized carbons (Fsp3) is 0.231. The summed E-state index contributed by atoms with van der Waals surface area (Å²) in [6.45, 7) is 1.84. The first-order valence-electron chi connectivity index (χ1n) is 5.89. The summed E-state index contributed by atoms with van der Waals surface area (Å²) in [5.41, 5.74) is 3.33. The topological polar surface area (TPSA) is 49.8 Å². The Morgan fingerprint density at radius 1 is 1.22 bits per heavy atom. The van der Waals surface area contributed by atoms with Crippen molar-refractivity contribution in [1.82, 2.24) is 15.3 Å². The molecule has 0 radical (unpaired) electrons. The van der Waals surface area contributed by atoms with Gasteiger partial charge in [0.25, 0.3) is 0 Å². The van der Waals surface area contributed by atoms with E-state index in [4.69, 9.17) is 0 Å². The van der Waals surface area contributed by atoms with Crippen molar-refractivity contribution < 1.29 is 0 Å². The highest BCUT2D eigenvalue weighted by atomic mass is 79.9. The molecule has 2 aromatic rings. The summed E-state index contributed by atoms with van der Waals surface area (Å²) in [5, 5.41) is 6.53. The van der Waals surface area contributed by atoms with Crippen LogP contribution in [-0.4, -0.2) is 16.5 Å². The molecule has 0 atom stereocenters. The van der Waals surface area contributed by atoms with Gasteiger partial charge in [0, 0.05) is 22.9 Å². The molecule has 4 nitrogen and oxygen atoms in total. The minimum absolute atomic E-state index is 0.653. The zero-order valence-corrected chi connectivity index (χ0v) is 11.4. The number of hydrogen-bond acceptors (Lipinski definition) is 4. The molecule has 2 heterocycles. The van der Waals surface area contributed by atoms with Gasteiger partial charge in [0.2, 0.25) is 5.95 Å². The van der Waals surface area contributed by atoms with Crippen molar-refractivity contribution in [3.63, 3.8) is 0 Å². The Morgan fingerprint density at radius 3 is 2.89 bits per heavy atom. The van der Waals surface area contributed by atoms with Crippen LogP contribution in [0.15, 0.2) is 34.9 Å². The van der Waals surface area contributed by atoms with Gasteiger partial charge in [-0.3, -0.25) is 0 Å². The first-order chi connectivity index (χ1) is 8.81. The molecule has 3 rings (SSSR count). The van der Waals surface area contributed by atoms with E-state index < -0.39 is 0 Å². The minimum atomic E-state index is 0.653. The van der Waals surface area contributed by atoms with Crippen LogP contribution < -0.4 is 10.6 Å². The predicted molar refractivity (Wildman–Crippen MR) is 74.9 cm³/mol. The Kier molecular flexibility index (Phi) is 3.25. The van der Waals surface area contributed by atoms with Crippen molar-refractivity contribution in [1.29, 1.82) is 0 Å². The Bertz CT molecular complexity index is 553. The van der Waals surface area contributed by atoms with Crippen LogP contribution in [0, 0.1) is 0 Å². The lowest BCUT2D eigenvalue weighted by molar-refractivity contribution is 0.624. The van der Waals surface area contributed by atoms with Gasteiger partial charge in [-0.2, -0.15) is 0 Å². The average Bonchev–Trinajstić information content (AvgIpc) is 2.41. The second kappa shape index (κ2) is 5.04. The van der Waals surface area contributed by atoms with E-state index in [0.29, 0.717) is 5.95 Å². The van der Waals surface area contributed by atoms with Gasteiger partial charge in [-0.25, -0.2) is 9.97 Å². The normalized spacial score (nSPS) is 14.1. The van der Waals surface area contributed by atoms with Crippen LogP contribution in [0.5, 0.6) is 0 Å². The van der Waals surface area contributed by atoms with Gasteiger partial charge >= 0.3 is 0 Å². The largest absolute Gasteiger partial charge is 0.324 e. The summed E-state index contributed by atoms with van der Waals surface area (Å²) in [5.74, 6) is 0.653. The molecule has 0 spiro atoms. The summed E-state index contributed by atoms with van der Waals surface area (Å²) >= 11 is 3.41. The lowest BCUT2D eigenvalue weighted by Crippen LogP contribution is -2.25. The van der Waals surface area contributed by atoms with Crippen LogP contribution in [-0.2, 0) is 13.0 Å². The monoisotopic (exact) mass is 304 g/mol. The molecule has 0 saturated heterocycles. The summed E-state index contributed by atoms with van der Waals surface area (Å²) in [6, 6.07) is 7.96. The molecule has 0 aliphatic carbocycles. The smallest absolute Gasteiger partial charge is 0.227 e. The van der Waals surface area contributed by atoms with Crippen LogP contribution >= 0.6 is 15.9 Å². The number of nitrogens with one attached hydrogen (secondary N) is 2. The molecular formula is C13H13BrN4. The van der Waals surface area contributed by atoms with Crippen LogP contribution in [0.2, 0.25) is 0 Å². The van der Waals surface area contributed by atoms with Crippen molar-refractivity contribution in [3.05, 3.63) is 46.2 Å². The molecular weight excluding hydrogens is 292 g/mol. The Labute approximate surface area is 114 Å². The summed E-state index contributed by atoms with van der Waals surface area (Å²) in [4.78, 5) is 8.88. The number of halogens is 1. The molecule has 1 aromatic heterocycles. The number of fused-ring (bicyclic) bond motifs is 1. The van der Waals surface area contributed by atoms with E-state index in [9.17, 15) is 0 Å². The van der Waals surface area contributed by atoms with E-state index in [1.54, 1.807) is 0 Å². The number of nitrogens with zero attached hydrogens (tertiary/aromatic N) is 2. The first kappa shape index (κ1) is 11.6. The van der Waals surface area contributed by atoms with E-state index in [1.807, 2.05) is 30.5 Å². The summed E-state index contributed by atoms with van der Waals surface area (Å²) in [7, 11) is 0. The Hall–Kier alpha value is -1.46. The second-order valence-corrected chi connectivity index (χ2v) is 5.14. The van der Waals surface area contributed by atoms with E-state index in [1.165, 1.54) is 5.56 Å². The van der Waals surface area contributed by atoms with Crippen molar-refractivity contribution in [2.24, 2.45) is 0 Å². The maximum atomic E-state index is 4.53. The fourth-order valence-electron chi connectivity index (χ4n) is 1.96. The summed E-state index contributed by atoms with van der Waals surface area (Å²) < 4.78 is 1.06. The zero-order valence-electron chi connectivity index (χ0n) is 9.78. The van der Waals surface area contributed by atoms with E-state index >= 15 is 0 Å². The molecule has 0 fully saturated rings. The molecule has 2 N–H and O–H groups in total. The van der Waals surface area contributed by atoms with Gasteiger partial charge in [0.15, 0.2) is 0 Å². The molecule has 1 aliphatic rings. The molecule has 1 aliphatic heterocycles. The van der Waals surface area contributed by atoms with Crippen LogP contribution in [0.4, 0.5) is 11.6 Å². The van der Waals surface area contributed by atoms with Crippen molar-refractivity contribution in [3.8, 4) is 0 Å². The first-order valence-corrected chi connectivity index (χ1v) is 6.69. The summed E-state index contributed by atoms with van der Waals surface area (Å²) in [6.07, 6.45) is 2.93. The maximum Gasteiger partial charge on any atom is 0.227 e. The maximum absolute atomic E-state index is 4.53. The number of hydrogen-bond donors (Lipinski definition) is 2. The van der Waals surface area contributed by atoms with Crippen LogP contribution in [0.1, 0.15) is 11.3 Å². The molecule has 0 unspecified atom stereocenters. The number of benzene rings is 1. The van der Waals surface area contributed by atoms with Gasteiger partial charge in [-0.1, -0.05) is 15.9 Å². The highest BCUT2D eigenvalue weighted by Crippen LogP contribution is 2.18. The number of rotatable bonds is 2. The minimum Gasteiger partial charge on any atom is -0.324 e. The molecule has 0 amide bonds. The zero-order chi connectivity index (χ0) is 12.4. The third kappa shape index (κ3) is 2.52. The molecule has 5 heteroatoms. The van der Waals surface area contributed by atoms with Gasteiger partial charge in [0.05, 0.1) is 5.69 Å². The van der Waals surface area contributed by atoms with Gasteiger partial charge in [-0.05, 0) is 42.8 Å². The Morgan fingerprint density at radius 2 is 2.06 bits per heavy atom. The van der Waals surface area contributed by atoms with Gasteiger partial charge in [-0.15, -0.1) is 0 Å². The second-order valence-electron chi connectivity index (χ2n) is 4.22. The van der Waals surface area contributed by atoms with E-state index in [-0.39, 0.29) is 0 Å². The molecule has 1 aromatic carbocycles. The fourth-order valence-corrected chi connectivity index (χ4v) is 2.22. The molecule has 0 saturated carbocycles. The van der Waals surface area contributed by atoms with Gasteiger partial charge in [0.1, 0.15) is 0 Å². The molecule has 18 heavy (non-hydrogen) atoms. The van der Waals surface area contributed by atoms with Gasteiger partial charge < -0.3 is 10.6 Å². The lowest BCUT2D eigenvalue weighted by atomic mass is 10.1. The average molecular weight is 305 g/mol. The highest BCUT2D eigenvalue weighted by molar-refractivity contribution is 9.10. The number of aromatic nitrogens is 2. The molecule has 0 bridgehead atoms. The lowest BCUT2D eigenvalue weighted by Gasteiger charge is -2.16. The quantitative estimate of drug-likeness (QED) is 0.895. The van der Waals surface area contributed by atoms with Crippen LogP contribution in [0.25, 0.3) is 0 Å². The standard InChI is InChI=1S/C13H13BrN4/c14-10-1-3-11(4-2-10)17-13-16-7-9-5-6-15-8-12(9)18-13/h1-4,7,15H,5-6,8H2,(H,16,17,18). The van der Waals surface area contributed by atoms with Crippen molar-refractivity contribution >= 4 is 27.6 Å².